The van der Waals surface area contributed by atoms with Crippen molar-refractivity contribution < 1.29 is 14.4 Å². The summed E-state index contributed by atoms with van der Waals surface area (Å²) < 4.78 is 0. The van der Waals surface area contributed by atoms with E-state index in [2.05, 4.69) is 21.5 Å². The van der Waals surface area contributed by atoms with E-state index in [1.807, 2.05) is 30.3 Å². The van der Waals surface area contributed by atoms with E-state index >= 15 is 0 Å². The van der Waals surface area contributed by atoms with Gasteiger partial charge in [0, 0.05) is 11.5 Å². The van der Waals surface area contributed by atoms with E-state index in [1.165, 1.54) is 18.2 Å². The Balaban J connectivity index is 0.000000323. The fraction of sp³-hybridized carbons (Fsp3) is 0.0476. The number of aromatic nitrogens is 2. The second kappa shape index (κ2) is 12.1. The number of nitrogen functional groups attached to an aromatic ring is 2. The zero-order valence-electron chi connectivity index (χ0n) is 17.1. The molecule has 1 heterocycles. The van der Waals surface area contributed by atoms with E-state index in [-0.39, 0.29) is 52.4 Å². The summed E-state index contributed by atoms with van der Waals surface area (Å²) in [5.41, 5.74) is 21.9. The Kier molecular flexibility index (Phi) is 9.93. The Hall–Kier alpha value is -4.02. The molecule has 33 heavy (non-hydrogen) atoms. The Morgan fingerprint density at radius 1 is 1.06 bits per heavy atom. The third-order valence-corrected chi connectivity index (χ3v) is 4.33. The van der Waals surface area contributed by atoms with Gasteiger partial charge in [-0.2, -0.15) is 4.99 Å². The molecule has 0 fully saturated rings. The molecule has 0 saturated carbocycles. The van der Waals surface area contributed by atoms with Crippen molar-refractivity contribution in [2.75, 3.05) is 11.5 Å². The van der Waals surface area contributed by atoms with E-state index in [1.54, 1.807) is 6.08 Å². The number of carbonyl (C=O) groups is 3. The Bertz CT molecular complexity index is 1160. The number of allylic oxidation sites excluding steroid dienone is 5. The third-order valence-electron chi connectivity index (χ3n) is 4.05. The highest BCUT2D eigenvalue weighted by molar-refractivity contribution is 6.31. The monoisotopic (exact) mass is 489 g/mol. The van der Waals surface area contributed by atoms with Crippen LogP contribution in [0.25, 0.3) is 0 Å². The lowest BCUT2D eigenvalue weighted by Crippen LogP contribution is -2.24. The number of ketones is 2. The van der Waals surface area contributed by atoms with Crippen molar-refractivity contribution in [1.29, 1.82) is 0 Å². The molecule has 172 valence electrons. The molecule has 0 aliphatic heterocycles. The average Bonchev–Trinajstić information content (AvgIpc) is 2.74. The number of nitrogens with two attached hydrogens (primary N) is 4. The zero-order chi connectivity index (χ0) is 23.8. The fourth-order valence-corrected chi connectivity index (χ4v) is 2.77. The van der Waals surface area contributed by atoms with Gasteiger partial charge in [0.1, 0.15) is 0 Å². The van der Waals surface area contributed by atoms with Crippen molar-refractivity contribution in [1.82, 2.24) is 9.97 Å². The minimum Gasteiger partial charge on any atom is -0.382 e. The van der Waals surface area contributed by atoms with E-state index in [0.29, 0.717) is 5.57 Å². The molecule has 1 aromatic carbocycles. The molecule has 0 bridgehead atoms. The smallest absolute Gasteiger partial charge is 0.302 e. The van der Waals surface area contributed by atoms with Crippen LogP contribution in [0.1, 0.15) is 22.0 Å². The quantitative estimate of drug-likeness (QED) is 0.214. The van der Waals surface area contributed by atoms with Gasteiger partial charge in [0.05, 0.1) is 0 Å². The van der Waals surface area contributed by atoms with Crippen LogP contribution in [-0.4, -0.2) is 33.4 Å². The van der Waals surface area contributed by atoms with E-state index in [4.69, 9.17) is 34.5 Å². The molecule has 3 rings (SSSR count). The van der Waals surface area contributed by atoms with Crippen LogP contribution in [0, 0.1) is 0 Å². The van der Waals surface area contributed by atoms with E-state index in [9.17, 15) is 14.4 Å². The van der Waals surface area contributed by atoms with Crippen LogP contribution >= 0.6 is 24.0 Å². The topological polar surface area (TPSA) is 193 Å². The standard InChI is InChI=1S/C15H12O2.C6H8ClN7O.ClH/c1-2-13(11-6-4-3-5-7-11)14-10-12(16)8-9-15(14)17;7-2-4(9)13-3(8)1(12-2)5(15)14-6(10)11;/h2-10,13H,1H2;(H4,8,9,13)(H4,10,11,14,15);1H. The van der Waals surface area contributed by atoms with Gasteiger partial charge in [-0.25, -0.2) is 9.97 Å². The number of rotatable bonds is 4. The lowest BCUT2D eigenvalue weighted by atomic mass is 9.86. The number of aliphatic imine (C=N–C) groups is 1. The van der Waals surface area contributed by atoms with Crippen molar-refractivity contribution in [3.8, 4) is 0 Å². The summed E-state index contributed by atoms with van der Waals surface area (Å²) in [6, 6.07) is 9.55. The van der Waals surface area contributed by atoms with Gasteiger partial charge in [-0.05, 0) is 23.8 Å². The summed E-state index contributed by atoms with van der Waals surface area (Å²) in [6.45, 7) is 3.74. The molecule has 1 aliphatic rings. The number of anilines is 2. The van der Waals surface area contributed by atoms with Crippen molar-refractivity contribution in [3.63, 3.8) is 0 Å². The normalized spacial score (nSPS) is 12.9. The Morgan fingerprint density at radius 3 is 2.27 bits per heavy atom. The first-order chi connectivity index (χ1) is 15.1. The Morgan fingerprint density at radius 2 is 1.70 bits per heavy atom. The average molecular weight is 490 g/mol. The number of benzene rings is 1. The SMILES string of the molecule is C=CC(C1=CC(=O)C=CC1=O)c1ccccc1.Cl.NC(N)=NC(=O)c1nc(Cl)c(N)nc1N. The molecule has 1 unspecified atom stereocenters. The second-order valence-corrected chi connectivity index (χ2v) is 6.66. The van der Waals surface area contributed by atoms with Crippen molar-refractivity contribution in [3.05, 3.63) is 83.2 Å². The molecule has 8 N–H and O–H groups in total. The molecule has 2 aromatic rings. The van der Waals surface area contributed by atoms with Gasteiger partial charge in [0.15, 0.2) is 40.0 Å². The number of guanidine groups is 1. The van der Waals surface area contributed by atoms with E-state index in [0.717, 1.165) is 5.56 Å². The van der Waals surface area contributed by atoms with Crippen molar-refractivity contribution >= 4 is 59.1 Å². The molecule has 12 heteroatoms. The largest absolute Gasteiger partial charge is 0.382 e. The minimum atomic E-state index is -0.832. The summed E-state index contributed by atoms with van der Waals surface area (Å²) in [5, 5.41) is -0.140. The Labute approximate surface area is 200 Å². The molecule has 1 aliphatic carbocycles. The summed E-state index contributed by atoms with van der Waals surface area (Å²) >= 11 is 5.55. The summed E-state index contributed by atoms with van der Waals surface area (Å²) in [6.07, 6.45) is 5.68. The van der Waals surface area contributed by atoms with Gasteiger partial charge in [0.2, 0.25) is 0 Å². The molecule has 10 nitrogen and oxygen atoms in total. The summed E-state index contributed by atoms with van der Waals surface area (Å²) in [5.74, 6) is -2.00. The highest BCUT2D eigenvalue weighted by Gasteiger charge is 2.21. The predicted octanol–water partition coefficient (Wildman–Crippen LogP) is 1.72. The number of halogens is 2. The zero-order valence-corrected chi connectivity index (χ0v) is 18.7. The number of carbonyl (C=O) groups excluding carboxylic acids is 3. The van der Waals surface area contributed by atoms with E-state index < -0.39 is 11.9 Å². The molecule has 1 atom stereocenters. The third kappa shape index (κ3) is 7.27. The number of amides is 1. The lowest BCUT2D eigenvalue weighted by molar-refractivity contribution is -0.114. The first kappa shape index (κ1) is 27.0. The first-order valence-electron chi connectivity index (χ1n) is 9.02. The van der Waals surface area contributed by atoms with Crippen LogP contribution in [0.5, 0.6) is 0 Å². The van der Waals surface area contributed by atoms with Crippen LogP contribution in [-0.2, 0) is 9.59 Å². The van der Waals surface area contributed by atoms with Crippen LogP contribution in [0.15, 0.2) is 71.8 Å². The van der Waals surface area contributed by atoms with Gasteiger partial charge in [-0.3, -0.25) is 14.4 Å². The molecule has 1 aromatic heterocycles. The van der Waals surface area contributed by atoms with Crippen LogP contribution < -0.4 is 22.9 Å². The predicted molar refractivity (Wildman–Crippen MR) is 130 cm³/mol. The van der Waals surface area contributed by atoms with Gasteiger partial charge in [-0.15, -0.1) is 19.0 Å². The fourth-order valence-electron chi connectivity index (χ4n) is 2.64. The lowest BCUT2D eigenvalue weighted by Gasteiger charge is -2.16. The van der Waals surface area contributed by atoms with Gasteiger partial charge >= 0.3 is 5.91 Å². The highest BCUT2D eigenvalue weighted by Crippen LogP contribution is 2.27. The van der Waals surface area contributed by atoms with Crippen molar-refractivity contribution in [2.45, 2.75) is 5.92 Å². The molecular weight excluding hydrogens is 469 g/mol. The van der Waals surface area contributed by atoms with Crippen LogP contribution in [0.2, 0.25) is 5.15 Å². The first-order valence-corrected chi connectivity index (χ1v) is 9.39. The highest BCUT2D eigenvalue weighted by atomic mass is 35.5. The summed E-state index contributed by atoms with van der Waals surface area (Å²) in [7, 11) is 0. The number of hydrogen-bond donors (Lipinski definition) is 4. The molecule has 0 saturated heterocycles. The van der Waals surface area contributed by atoms with Crippen LogP contribution in [0.4, 0.5) is 11.6 Å². The van der Waals surface area contributed by atoms with Crippen molar-refractivity contribution in [2.24, 2.45) is 16.5 Å². The molecular formula is C21H21Cl2N7O3. The number of nitrogens with zero attached hydrogens (tertiary/aromatic N) is 3. The van der Waals surface area contributed by atoms with Crippen LogP contribution in [0.3, 0.4) is 0 Å². The maximum atomic E-state index is 11.8. The van der Waals surface area contributed by atoms with Gasteiger partial charge in [-0.1, -0.05) is 48.0 Å². The van der Waals surface area contributed by atoms with Gasteiger partial charge < -0.3 is 22.9 Å². The second-order valence-electron chi connectivity index (χ2n) is 6.30. The summed E-state index contributed by atoms with van der Waals surface area (Å²) in [4.78, 5) is 44.8. The molecule has 0 radical (unpaired) electrons. The molecule has 0 spiro atoms. The van der Waals surface area contributed by atoms with Gasteiger partial charge in [0.25, 0.3) is 0 Å². The maximum Gasteiger partial charge on any atom is 0.302 e. The maximum absolute atomic E-state index is 11.8. The number of hydrogen-bond acceptors (Lipinski definition) is 7. The minimum absolute atomic E-state index is 0. The molecule has 1 amide bonds.